The molecule has 2 aliphatic carbocycles. The van der Waals surface area contributed by atoms with Crippen molar-refractivity contribution in [3.05, 3.63) is 51.5 Å². The van der Waals surface area contributed by atoms with Crippen molar-refractivity contribution in [3.8, 4) is 0 Å². The Morgan fingerprint density at radius 3 is 2.39 bits per heavy atom. The van der Waals surface area contributed by atoms with E-state index in [9.17, 15) is 14.4 Å². The zero-order valence-electron chi connectivity index (χ0n) is 16.8. The zero-order valence-corrected chi connectivity index (χ0v) is 19.2. The number of likely N-dealkylation sites (tertiary alicyclic amines) is 1. The van der Waals surface area contributed by atoms with Gasteiger partial charge in [0.25, 0.3) is 0 Å². The Bertz CT molecular complexity index is 1050. The Balaban J connectivity index is 1.42. The molecule has 2 fully saturated rings. The van der Waals surface area contributed by atoms with Gasteiger partial charge in [0.2, 0.25) is 22.9 Å². The van der Waals surface area contributed by atoms with Crippen LogP contribution in [0.2, 0.25) is 0 Å². The largest absolute Gasteiger partial charge is 0.300 e. The highest BCUT2D eigenvalue weighted by molar-refractivity contribution is 9.10. The summed E-state index contributed by atoms with van der Waals surface area (Å²) in [5.41, 5.74) is 0.756. The van der Waals surface area contributed by atoms with Crippen LogP contribution in [-0.2, 0) is 20.8 Å². The molecule has 1 saturated carbocycles. The van der Waals surface area contributed by atoms with Crippen molar-refractivity contribution in [3.63, 3.8) is 0 Å². The van der Waals surface area contributed by atoms with E-state index in [0.717, 1.165) is 27.9 Å². The highest BCUT2D eigenvalue weighted by Crippen LogP contribution is 2.54. The van der Waals surface area contributed by atoms with E-state index in [0.29, 0.717) is 5.13 Å². The van der Waals surface area contributed by atoms with Crippen LogP contribution >= 0.6 is 27.3 Å². The van der Waals surface area contributed by atoms with E-state index in [-0.39, 0.29) is 47.8 Å². The van der Waals surface area contributed by atoms with Gasteiger partial charge in [-0.2, -0.15) is 0 Å². The maximum Gasteiger partial charge on any atom is 0.234 e. The van der Waals surface area contributed by atoms with Crippen molar-refractivity contribution in [1.29, 1.82) is 0 Å². The third-order valence-electron chi connectivity index (χ3n) is 6.47. The molecule has 1 N–H and O–H groups in total. The number of hydrogen-bond donors (Lipinski definition) is 1. The summed E-state index contributed by atoms with van der Waals surface area (Å²) in [6.07, 6.45) is 5.74. The molecule has 0 spiro atoms. The lowest BCUT2D eigenvalue weighted by atomic mass is 9.85. The summed E-state index contributed by atoms with van der Waals surface area (Å²) in [5.74, 6) is -0.939. The van der Waals surface area contributed by atoms with Crippen LogP contribution in [0.3, 0.4) is 0 Å². The fourth-order valence-corrected chi connectivity index (χ4v) is 6.03. The Morgan fingerprint density at radius 1 is 1.16 bits per heavy atom. The molecule has 7 nitrogen and oxygen atoms in total. The summed E-state index contributed by atoms with van der Waals surface area (Å²) in [4.78, 5) is 40.9. The number of hydrogen-bond acceptors (Lipinski definition) is 6. The molecule has 1 aromatic carbocycles. The number of rotatable bonds is 6. The van der Waals surface area contributed by atoms with E-state index in [1.807, 2.05) is 31.2 Å². The summed E-state index contributed by atoms with van der Waals surface area (Å²) in [7, 11) is 0. The van der Waals surface area contributed by atoms with E-state index >= 15 is 0 Å². The number of fused-ring (bicyclic) bond motifs is 5. The van der Waals surface area contributed by atoms with Crippen LogP contribution in [-0.4, -0.2) is 32.8 Å². The maximum absolute atomic E-state index is 13.4. The quantitative estimate of drug-likeness (QED) is 0.481. The predicted octanol–water partition coefficient (Wildman–Crippen LogP) is 3.74. The molecule has 1 aromatic heterocycles. The van der Waals surface area contributed by atoms with Crippen LogP contribution in [0.15, 0.2) is 40.9 Å². The molecule has 3 amide bonds. The molecule has 9 heteroatoms. The van der Waals surface area contributed by atoms with Gasteiger partial charge in [0.15, 0.2) is 0 Å². The number of amides is 3. The van der Waals surface area contributed by atoms with Gasteiger partial charge in [-0.15, -0.1) is 10.2 Å². The molecule has 1 aliphatic heterocycles. The highest BCUT2D eigenvalue weighted by atomic mass is 79.9. The molecule has 3 aliphatic rings. The van der Waals surface area contributed by atoms with Crippen LogP contribution in [0.4, 0.5) is 5.13 Å². The second-order valence-corrected chi connectivity index (χ2v) is 10.2. The van der Waals surface area contributed by atoms with E-state index < -0.39 is 6.04 Å². The molecule has 5 rings (SSSR count). The van der Waals surface area contributed by atoms with Crippen molar-refractivity contribution in [2.75, 3.05) is 5.32 Å². The van der Waals surface area contributed by atoms with Gasteiger partial charge < -0.3 is 5.32 Å². The minimum Gasteiger partial charge on any atom is -0.300 e. The van der Waals surface area contributed by atoms with Crippen LogP contribution in [0.1, 0.15) is 36.4 Å². The van der Waals surface area contributed by atoms with Crippen molar-refractivity contribution in [1.82, 2.24) is 15.1 Å². The first-order valence-corrected chi connectivity index (χ1v) is 12.0. The molecule has 2 bridgehead atoms. The van der Waals surface area contributed by atoms with Crippen LogP contribution in [0.5, 0.6) is 0 Å². The average Bonchev–Trinajstić information content (AvgIpc) is 3.52. The minimum atomic E-state index is -0.656. The van der Waals surface area contributed by atoms with Gasteiger partial charge in [-0.3, -0.25) is 19.3 Å². The number of carbonyl (C=O) groups is 3. The van der Waals surface area contributed by atoms with Crippen molar-refractivity contribution < 1.29 is 14.4 Å². The first-order chi connectivity index (χ1) is 15.0. The Morgan fingerprint density at radius 2 is 1.81 bits per heavy atom. The lowest BCUT2D eigenvalue weighted by Gasteiger charge is -2.28. The van der Waals surface area contributed by atoms with Gasteiger partial charge in [0.1, 0.15) is 5.01 Å². The van der Waals surface area contributed by atoms with E-state index in [1.54, 1.807) is 0 Å². The smallest absolute Gasteiger partial charge is 0.234 e. The first-order valence-electron chi connectivity index (χ1n) is 10.4. The summed E-state index contributed by atoms with van der Waals surface area (Å²) in [6, 6.07) is 6.76. The number of aryl methyl sites for hydroxylation is 1. The summed E-state index contributed by atoms with van der Waals surface area (Å²) in [6.45, 7) is 1.97. The lowest BCUT2D eigenvalue weighted by Crippen LogP contribution is -2.38. The molecular weight excluding hydrogens is 480 g/mol. The van der Waals surface area contributed by atoms with E-state index in [2.05, 4.69) is 43.6 Å². The lowest BCUT2D eigenvalue weighted by molar-refractivity contribution is -0.144. The van der Waals surface area contributed by atoms with Gasteiger partial charge >= 0.3 is 0 Å². The number of benzene rings is 1. The number of allylic oxidation sites excluding steroid dienone is 2. The fourth-order valence-electron chi connectivity index (χ4n) is 5.07. The maximum atomic E-state index is 13.4. The third kappa shape index (κ3) is 3.53. The third-order valence-corrected chi connectivity index (χ3v) is 7.98. The number of aromatic nitrogens is 2. The van der Waals surface area contributed by atoms with Crippen LogP contribution in [0.25, 0.3) is 0 Å². The summed E-state index contributed by atoms with van der Waals surface area (Å²) >= 11 is 4.75. The number of nitrogens with zero attached hydrogens (tertiary/aromatic N) is 3. The fraction of sp³-hybridized carbons (Fsp3) is 0.409. The minimum absolute atomic E-state index is 0.0254. The van der Waals surface area contributed by atoms with Crippen LogP contribution < -0.4 is 5.32 Å². The van der Waals surface area contributed by atoms with E-state index in [1.165, 1.54) is 16.2 Å². The molecule has 5 atom stereocenters. The van der Waals surface area contributed by atoms with Gasteiger partial charge in [-0.05, 0) is 42.4 Å². The van der Waals surface area contributed by atoms with Crippen molar-refractivity contribution in [2.24, 2.45) is 23.7 Å². The normalized spacial score (nSPS) is 27.1. The summed E-state index contributed by atoms with van der Waals surface area (Å²) < 4.78 is 0.888. The molecular formula is C22H21BrN4O3S. The second-order valence-electron chi connectivity index (χ2n) is 8.22. The standard InChI is InChI=1S/C22H21BrN4O3S/c1-2-17-25-26-22(31-17)24-16(28)10-15(11-5-7-14(23)8-6-11)27-20(29)18-12-3-4-13(9-12)19(18)21(27)30/h3-8,12-13,15,18-19H,2,9-10H2,1H3,(H,24,26,28). The number of halogens is 1. The van der Waals surface area contributed by atoms with Crippen molar-refractivity contribution in [2.45, 2.75) is 32.2 Å². The molecule has 160 valence electrons. The molecule has 5 unspecified atom stereocenters. The highest BCUT2D eigenvalue weighted by Gasteiger charge is 2.60. The molecule has 2 heterocycles. The monoisotopic (exact) mass is 500 g/mol. The number of carbonyl (C=O) groups excluding carboxylic acids is 3. The first kappa shape index (κ1) is 20.5. The predicted molar refractivity (Wildman–Crippen MR) is 119 cm³/mol. The second kappa shape index (κ2) is 7.94. The van der Waals surface area contributed by atoms with Gasteiger partial charge in [-0.1, -0.05) is 58.5 Å². The topological polar surface area (TPSA) is 92.3 Å². The van der Waals surface area contributed by atoms with Gasteiger partial charge in [0.05, 0.1) is 24.3 Å². The summed E-state index contributed by atoms with van der Waals surface area (Å²) in [5, 5.41) is 12.1. The van der Waals surface area contributed by atoms with Gasteiger partial charge in [-0.25, -0.2) is 0 Å². The van der Waals surface area contributed by atoms with E-state index in [4.69, 9.17) is 0 Å². The Labute approximate surface area is 192 Å². The number of nitrogens with one attached hydrogen (secondary N) is 1. The molecule has 31 heavy (non-hydrogen) atoms. The SMILES string of the molecule is CCc1nnc(NC(=O)CC(c2ccc(Br)cc2)N2C(=O)C3C4C=CC(C4)C3C2=O)s1. The zero-order chi connectivity index (χ0) is 21.7. The Hall–Kier alpha value is -2.39. The Kier molecular flexibility index (Phi) is 5.26. The molecule has 2 aromatic rings. The average molecular weight is 501 g/mol. The number of imide groups is 1. The van der Waals surface area contributed by atoms with Crippen LogP contribution in [0, 0.1) is 23.7 Å². The molecule has 1 saturated heterocycles. The number of anilines is 1. The van der Waals surface area contributed by atoms with Gasteiger partial charge in [0, 0.05) is 4.47 Å². The van der Waals surface area contributed by atoms with Crippen molar-refractivity contribution >= 4 is 50.1 Å². The molecule has 0 radical (unpaired) electrons.